The van der Waals surface area contributed by atoms with Crippen LogP contribution in [0.4, 0.5) is 4.39 Å². The number of tetrazole rings is 1. The number of benzene rings is 4. The van der Waals surface area contributed by atoms with Crippen LogP contribution in [-0.4, -0.2) is 223 Å². The number of primary amides is 1. The molecule has 0 saturated heterocycles. The van der Waals surface area contributed by atoms with Crippen molar-refractivity contribution in [1.29, 1.82) is 0 Å². The number of ether oxygens (including phenoxy) is 1. The Bertz CT molecular complexity index is 4630. The van der Waals surface area contributed by atoms with Crippen molar-refractivity contribution in [2.24, 2.45) is 11.1 Å². The molecule has 11 amide bonds. The number of hydrogen-bond donors (Lipinski definition) is 17. The molecule has 38 heteroatoms. The number of amides is 11. The first-order valence-corrected chi connectivity index (χ1v) is 39.0. The maximum absolute atomic E-state index is 15.6. The molecule has 642 valence electrons. The molecular formula is C81H109FN20O17. The van der Waals surface area contributed by atoms with Gasteiger partial charge in [0.15, 0.2) is 5.82 Å². The second kappa shape index (κ2) is 43.7. The maximum atomic E-state index is 15.6. The Morgan fingerprint density at radius 2 is 1.29 bits per heavy atom. The van der Waals surface area contributed by atoms with Gasteiger partial charge in [0.05, 0.1) is 50.4 Å². The zero-order valence-electron chi connectivity index (χ0n) is 68.5. The molecule has 4 aromatic carbocycles. The number of halogens is 1. The summed E-state index contributed by atoms with van der Waals surface area (Å²) in [6, 6.07) is 11.1. The SMILES string of the molecule is CCc1cc(OCCCCn2cc(C(C)(C)C)nn2)ccc1-c1ccc(CC(NC(=O)[C@H](CC(=O)O)NC(=O)[C@H](CO)NC(=O)[C@@H](NC(=O)[C@](C)(Cc2ccccc2F)NC(=O)[C@@H](NC(=O)CNC(=O)[C@H](Cc2nn[nH]n2)NC(=O)C(C)(C)C(=O)NCCc2cnc[nH]2)[C@@H](C)O)[C@@H](C)O)C(=O)N[C@@H](CCCc2cc(C)cc(C)c2)C(N)=O)cc1. The van der Waals surface area contributed by atoms with Crippen LogP contribution in [0.2, 0.25) is 0 Å². The lowest BCUT2D eigenvalue weighted by Gasteiger charge is -2.34. The van der Waals surface area contributed by atoms with E-state index < -0.39 is 175 Å². The van der Waals surface area contributed by atoms with Gasteiger partial charge in [-0.3, -0.25) is 62.2 Å². The Kier molecular flexibility index (Phi) is 34.4. The van der Waals surface area contributed by atoms with E-state index >= 15 is 4.39 Å². The summed E-state index contributed by atoms with van der Waals surface area (Å²) in [5, 5.41) is 88.6. The smallest absolute Gasteiger partial charge is 0.305 e. The Morgan fingerprint density at radius 3 is 1.91 bits per heavy atom. The molecule has 0 fully saturated rings. The molecule has 1 unspecified atom stereocenters. The van der Waals surface area contributed by atoms with Gasteiger partial charge in [-0.05, 0) is 139 Å². The van der Waals surface area contributed by atoms with Gasteiger partial charge in [-0.25, -0.2) is 9.37 Å². The van der Waals surface area contributed by atoms with Crippen molar-refractivity contribution in [3.05, 3.63) is 160 Å². The Labute approximate surface area is 687 Å². The molecule has 3 heterocycles. The number of aliphatic hydroxyl groups excluding tert-OH is 3. The number of H-pyrrole nitrogens is 2. The predicted molar refractivity (Wildman–Crippen MR) is 429 cm³/mol. The normalized spacial score (nSPS) is 14.3. The van der Waals surface area contributed by atoms with Crippen molar-refractivity contribution in [2.45, 2.75) is 219 Å². The number of hydrogen-bond acceptors (Lipinski definition) is 22. The molecule has 7 aromatic rings. The molecule has 0 spiro atoms. The highest BCUT2D eigenvalue weighted by molar-refractivity contribution is 6.06. The number of imidazole rings is 1. The van der Waals surface area contributed by atoms with Crippen LogP contribution in [-0.2, 0) is 108 Å². The number of aryl methyl sites for hydroxylation is 5. The highest BCUT2D eigenvalue weighted by Gasteiger charge is 2.44. The summed E-state index contributed by atoms with van der Waals surface area (Å²) >= 11 is 0. The van der Waals surface area contributed by atoms with E-state index in [0.717, 1.165) is 78.8 Å². The largest absolute Gasteiger partial charge is 0.494 e. The number of nitrogens with zero attached hydrogens (tertiary/aromatic N) is 7. The van der Waals surface area contributed by atoms with Gasteiger partial charge in [0, 0.05) is 62.3 Å². The number of aromatic nitrogens is 9. The fraction of sp³-hybridized carbons (Fsp3) is 0.481. The number of unbranched alkanes of at least 4 members (excludes halogenated alkanes) is 1. The lowest BCUT2D eigenvalue weighted by molar-refractivity contribution is -0.143. The molecule has 119 heavy (non-hydrogen) atoms. The Balaban J connectivity index is 1.04. The van der Waals surface area contributed by atoms with Crippen LogP contribution in [0.25, 0.3) is 11.1 Å². The summed E-state index contributed by atoms with van der Waals surface area (Å²) in [5.74, 6) is -14.2. The van der Waals surface area contributed by atoms with Gasteiger partial charge in [0.25, 0.3) is 0 Å². The average molecular weight is 1650 g/mol. The summed E-state index contributed by atoms with van der Waals surface area (Å²) in [6.07, 6.45) is 2.25. The zero-order valence-corrected chi connectivity index (χ0v) is 68.5. The van der Waals surface area contributed by atoms with Crippen molar-refractivity contribution >= 4 is 70.9 Å². The van der Waals surface area contributed by atoms with E-state index in [2.05, 4.69) is 115 Å². The molecule has 10 atom stereocenters. The maximum Gasteiger partial charge on any atom is 0.305 e. The number of carboxylic acids is 1. The number of carbonyl (C=O) groups is 12. The highest BCUT2D eigenvalue weighted by Crippen LogP contribution is 2.30. The number of aliphatic hydroxyl groups is 3. The van der Waals surface area contributed by atoms with Crippen LogP contribution >= 0.6 is 0 Å². The first-order valence-electron chi connectivity index (χ1n) is 39.0. The van der Waals surface area contributed by atoms with Gasteiger partial charge in [0.2, 0.25) is 65.0 Å². The predicted octanol–water partition coefficient (Wildman–Crippen LogP) is 0.191. The third kappa shape index (κ3) is 28.4. The van der Waals surface area contributed by atoms with E-state index in [0.29, 0.717) is 55.8 Å². The molecule has 37 nitrogen and oxygen atoms in total. The minimum atomic E-state index is -2.41. The molecule has 0 radical (unpaired) electrons. The van der Waals surface area contributed by atoms with Crippen LogP contribution in [0.5, 0.6) is 5.75 Å². The van der Waals surface area contributed by atoms with Gasteiger partial charge in [-0.15, -0.1) is 15.3 Å². The number of aromatic amines is 2. The van der Waals surface area contributed by atoms with Gasteiger partial charge < -0.3 is 89.0 Å². The summed E-state index contributed by atoms with van der Waals surface area (Å²) < 4.78 is 23.5. The first-order chi connectivity index (χ1) is 56.3. The summed E-state index contributed by atoms with van der Waals surface area (Å²) in [6.45, 7) is 17.0. The van der Waals surface area contributed by atoms with E-state index in [1.165, 1.54) is 38.4 Å². The average Bonchev–Trinajstić information content (AvgIpc) is 1.07. The summed E-state index contributed by atoms with van der Waals surface area (Å²) in [7, 11) is 0. The minimum absolute atomic E-state index is 0.0659. The molecule has 0 saturated carbocycles. The van der Waals surface area contributed by atoms with E-state index in [1.807, 2.05) is 68.0 Å². The van der Waals surface area contributed by atoms with E-state index in [-0.39, 0.29) is 36.2 Å². The molecule has 0 aliphatic heterocycles. The number of rotatable bonds is 46. The van der Waals surface area contributed by atoms with E-state index in [9.17, 15) is 78.0 Å². The van der Waals surface area contributed by atoms with Crippen LogP contribution < -0.4 is 63.6 Å². The number of carboxylic acid groups (broad SMARTS) is 1. The first kappa shape index (κ1) is 93.7. The molecule has 0 bridgehead atoms. The van der Waals surface area contributed by atoms with Gasteiger partial charge in [-0.1, -0.05) is 116 Å². The van der Waals surface area contributed by atoms with Gasteiger partial charge in [-0.2, -0.15) is 5.21 Å². The van der Waals surface area contributed by atoms with Crippen molar-refractivity contribution < 1.29 is 87.1 Å². The second-order valence-corrected chi connectivity index (χ2v) is 31.1. The Morgan fingerprint density at radius 1 is 0.647 bits per heavy atom. The number of carbonyl (C=O) groups excluding carboxylic acids is 11. The third-order valence-electron chi connectivity index (χ3n) is 19.6. The molecule has 0 aliphatic carbocycles. The molecular weight excluding hydrogens is 1540 g/mol. The van der Waals surface area contributed by atoms with Crippen molar-refractivity contribution in [1.82, 2.24) is 98.8 Å². The molecule has 3 aromatic heterocycles. The lowest BCUT2D eigenvalue weighted by Crippen LogP contribution is -2.67. The Hall–Kier alpha value is -12.5. The van der Waals surface area contributed by atoms with Crippen LogP contribution in [0.1, 0.15) is 145 Å². The molecule has 0 aliphatic rings. The highest BCUT2D eigenvalue weighted by atomic mass is 19.1. The van der Waals surface area contributed by atoms with E-state index in [1.54, 1.807) is 30.5 Å². The van der Waals surface area contributed by atoms with Gasteiger partial charge in [0.1, 0.15) is 64.8 Å². The zero-order chi connectivity index (χ0) is 87.5. The number of aliphatic carboxylic acids is 1. The fourth-order valence-corrected chi connectivity index (χ4v) is 12.7. The summed E-state index contributed by atoms with van der Waals surface area (Å²) in [4.78, 5) is 174. The van der Waals surface area contributed by atoms with Gasteiger partial charge >= 0.3 is 5.97 Å². The second-order valence-electron chi connectivity index (χ2n) is 31.1. The van der Waals surface area contributed by atoms with Crippen molar-refractivity contribution in [2.75, 3.05) is 26.3 Å². The monoisotopic (exact) mass is 1650 g/mol. The van der Waals surface area contributed by atoms with Crippen LogP contribution in [0.3, 0.4) is 0 Å². The standard InChI is InChI=1S/C81H109FN20O17/c1-12-51-36-55(119-31-16-15-30-102-42-63(96-101-102)79(6,7)8)26-27-56(51)52-24-22-49(23-25-52)35-59(71(111)88-58(69(83)109)21-17-18-50-33-45(2)32-46(3)34-50)89-72(112)61(38-66(107)108)90-73(113)62(43-103)91-74(114)67(47(4)104)94-78(118)81(11,39-53-19-13-14-20-57(53)82)95-75(115)68(48(5)105)93-65(106)41-86-70(110)60(37-64-97-99-100-98-64)92-77(117)80(9,10)76(116)85-29-28-54-40-84-44-87-54/h13-14,19-20,22-27,32-34,36,40,42,44,47-48,58-62,67-68,103-105H,12,15-18,21,28-31,35,37-39,41,43H2,1-11H3,(H2,83,109)(H,84,87)(H,85,116)(H,86,110)(H,88,111)(H,89,112)(H,90,113)(H,91,114)(H,92,117)(H,93,106)(H,94,118)(H,95,115)(H,107,108)(H,97,98,99,100)/t47-,48-,58+,59?,60+,61+,62+,67+,68+,81+/m1/s1. The third-order valence-corrected chi connectivity index (χ3v) is 19.6. The minimum Gasteiger partial charge on any atom is -0.494 e. The number of nitrogens with two attached hydrogens (primary N) is 1. The quantitative estimate of drug-likeness (QED) is 0.0179. The summed E-state index contributed by atoms with van der Waals surface area (Å²) in [5.41, 5.74) is 9.13. The van der Waals surface area contributed by atoms with Crippen LogP contribution in [0, 0.1) is 25.1 Å². The number of nitrogens with one attached hydrogen (secondary N) is 12. The fourth-order valence-electron chi connectivity index (χ4n) is 12.7. The lowest BCUT2D eigenvalue weighted by atomic mass is 9.90. The van der Waals surface area contributed by atoms with Crippen molar-refractivity contribution in [3.63, 3.8) is 0 Å². The molecule has 7 rings (SSSR count). The molecule has 18 N–H and O–H groups in total. The topological polar surface area (TPSA) is 555 Å². The van der Waals surface area contributed by atoms with Crippen molar-refractivity contribution in [3.8, 4) is 16.9 Å². The van der Waals surface area contributed by atoms with E-state index in [4.69, 9.17) is 10.5 Å². The van der Waals surface area contributed by atoms with Crippen LogP contribution in [0.15, 0.2) is 104 Å².